The quantitative estimate of drug-likeness (QED) is 0.464. The summed E-state index contributed by atoms with van der Waals surface area (Å²) < 4.78 is 12.2. The molecule has 1 saturated heterocycles. The highest BCUT2D eigenvalue weighted by Gasteiger charge is 2.29. The van der Waals surface area contributed by atoms with Crippen LogP contribution in [0, 0.1) is 19.8 Å². The topological polar surface area (TPSA) is 90.7 Å². The van der Waals surface area contributed by atoms with Gasteiger partial charge < -0.3 is 14.4 Å². The van der Waals surface area contributed by atoms with E-state index in [0.29, 0.717) is 43.8 Å². The van der Waals surface area contributed by atoms with E-state index in [1.54, 1.807) is 22.7 Å². The van der Waals surface area contributed by atoms with E-state index in [1.807, 2.05) is 62.4 Å². The van der Waals surface area contributed by atoms with E-state index < -0.39 is 5.97 Å². The molecule has 2 aromatic carbocycles. The van der Waals surface area contributed by atoms with Crippen molar-refractivity contribution >= 4 is 17.8 Å². The number of para-hydroxylation sites is 1. The highest BCUT2D eigenvalue weighted by molar-refractivity contribution is 5.97. The molecule has 0 saturated carbocycles. The first kappa shape index (κ1) is 25.2. The van der Waals surface area contributed by atoms with Gasteiger partial charge in [0.2, 0.25) is 0 Å². The fraction of sp³-hybridized carbons (Fsp3) is 0.357. The van der Waals surface area contributed by atoms with Gasteiger partial charge in [-0.05, 0) is 51.3 Å². The van der Waals surface area contributed by atoms with Gasteiger partial charge in [0.25, 0.3) is 5.91 Å². The lowest BCUT2D eigenvalue weighted by Gasteiger charge is -2.30. The number of esters is 2. The van der Waals surface area contributed by atoms with Crippen molar-refractivity contribution in [3.63, 3.8) is 0 Å². The van der Waals surface area contributed by atoms with Gasteiger partial charge in [0, 0.05) is 24.8 Å². The minimum absolute atomic E-state index is 0.194. The van der Waals surface area contributed by atoms with Gasteiger partial charge in [-0.15, -0.1) is 0 Å². The molecular weight excluding hydrogens is 458 g/mol. The molecule has 188 valence electrons. The fourth-order valence-electron chi connectivity index (χ4n) is 4.44. The Morgan fingerprint density at radius 2 is 1.72 bits per heavy atom. The van der Waals surface area contributed by atoms with Crippen molar-refractivity contribution in [1.82, 2.24) is 14.7 Å². The lowest BCUT2D eigenvalue weighted by molar-refractivity contribution is -0.151. The number of aromatic nitrogens is 2. The van der Waals surface area contributed by atoms with Crippen molar-refractivity contribution in [1.29, 1.82) is 0 Å². The molecule has 0 spiro atoms. The Kier molecular flexibility index (Phi) is 7.83. The monoisotopic (exact) mass is 489 g/mol. The number of hydrogen-bond donors (Lipinski definition) is 0. The molecule has 0 aliphatic carbocycles. The van der Waals surface area contributed by atoms with Crippen LogP contribution in [-0.2, 0) is 19.1 Å². The van der Waals surface area contributed by atoms with Crippen molar-refractivity contribution in [2.45, 2.75) is 33.6 Å². The third kappa shape index (κ3) is 5.64. The standard InChI is InChI=1S/C28H31N3O5/c1-4-35-27(33)21-12-14-30(15-13-21)25(32)18-36-28(34)24-17-31(22-8-6-5-7-9-22)29-26(24)23-11-10-19(2)16-20(23)3/h5-11,16-17,21H,4,12-15,18H2,1-3H3. The van der Waals surface area contributed by atoms with Crippen LogP contribution in [0.3, 0.4) is 0 Å². The third-order valence-electron chi connectivity index (χ3n) is 6.39. The minimum Gasteiger partial charge on any atom is -0.466 e. The van der Waals surface area contributed by atoms with Crippen molar-refractivity contribution in [2.75, 3.05) is 26.3 Å². The van der Waals surface area contributed by atoms with Gasteiger partial charge in [-0.2, -0.15) is 5.10 Å². The molecule has 0 N–H and O–H groups in total. The smallest absolute Gasteiger partial charge is 0.342 e. The number of ether oxygens (including phenoxy) is 2. The summed E-state index contributed by atoms with van der Waals surface area (Å²) in [5.41, 5.74) is 4.53. The molecule has 0 unspecified atom stereocenters. The first-order chi connectivity index (χ1) is 17.4. The predicted octanol–water partition coefficient (Wildman–Crippen LogP) is 4.11. The summed E-state index contributed by atoms with van der Waals surface area (Å²) in [4.78, 5) is 39.4. The second-order valence-electron chi connectivity index (χ2n) is 8.97. The number of aryl methyl sites for hydroxylation is 2. The Morgan fingerprint density at radius 1 is 1.00 bits per heavy atom. The Hall–Kier alpha value is -3.94. The largest absolute Gasteiger partial charge is 0.466 e. The Balaban J connectivity index is 1.48. The van der Waals surface area contributed by atoms with E-state index >= 15 is 0 Å². The van der Waals surface area contributed by atoms with Crippen LogP contribution in [0.25, 0.3) is 16.9 Å². The number of piperidine rings is 1. The van der Waals surface area contributed by atoms with Gasteiger partial charge in [0.1, 0.15) is 11.3 Å². The number of likely N-dealkylation sites (tertiary alicyclic amines) is 1. The lowest BCUT2D eigenvalue weighted by atomic mass is 9.97. The maximum atomic E-state index is 13.2. The average Bonchev–Trinajstić information content (AvgIpc) is 3.33. The van der Waals surface area contributed by atoms with Gasteiger partial charge in [0.05, 0.1) is 18.2 Å². The van der Waals surface area contributed by atoms with Crippen LogP contribution in [0.15, 0.2) is 54.7 Å². The van der Waals surface area contributed by atoms with Crippen molar-refractivity contribution < 1.29 is 23.9 Å². The summed E-state index contributed by atoms with van der Waals surface area (Å²) in [7, 11) is 0. The fourth-order valence-corrected chi connectivity index (χ4v) is 4.44. The highest BCUT2D eigenvalue weighted by Crippen LogP contribution is 2.28. The zero-order valence-electron chi connectivity index (χ0n) is 20.9. The van der Waals surface area contributed by atoms with E-state index in [-0.39, 0.29) is 24.4 Å². The summed E-state index contributed by atoms with van der Waals surface area (Å²) in [6.45, 7) is 6.60. The summed E-state index contributed by atoms with van der Waals surface area (Å²) >= 11 is 0. The SMILES string of the molecule is CCOC(=O)C1CCN(C(=O)COC(=O)c2cn(-c3ccccc3)nc2-c2ccc(C)cc2C)CC1. The summed E-state index contributed by atoms with van der Waals surface area (Å²) in [6.07, 6.45) is 2.72. The minimum atomic E-state index is -0.609. The molecule has 3 aromatic rings. The number of rotatable bonds is 7. The second-order valence-corrected chi connectivity index (χ2v) is 8.97. The molecule has 36 heavy (non-hydrogen) atoms. The average molecular weight is 490 g/mol. The van der Waals surface area contributed by atoms with Crippen LogP contribution < -0.4 is 0 Å². The van der Waals surface area contributed by atoms with Gasteiger partial charge in [-0.3, -0.25) is 9.59 Å². The normalized spacial score (nSPS) is 13.9. The van der Waals surface area contributed by atoms with Crippen molar-refractivity contribution in [2.24, 2.45) is 5.92 Å². The van der Waals surface area contributed by atoms with Crippen LogP contribution in [0.2, 0.25) is 0 Å². The van der Waals surface area contributed by atoms with Crippen LogP contribution >= 0.6 is 0 Å². The van der Waals surface area contributed by atoms with Crippen molar-refractivity contribution in [3.05, 3.63) is 71.4 Å². The molecule has 4 rings (SSSR count). The molecule has 0 radical (unpaired) electrons. The number of hydrogen-bond acceptors (Lipinski definition) is 6. The lowest BCUT2D eigenvalue weighted by Crippen LogP contribution is -2.42. The number of nitrogens with zero attached hydrogens (tertiary/aromatic N) is 3. The van der Waals surface area contributed by atoms with Gasteiger partial charge in [0.15, 0.2) is 6.61 Å². The highest BCUT2D eigenvalue weighted by atomic mass is 16.5. The van der Waals surface area contributed by atoms with Gasteiger partial charge in [-0.1, -0.05) is 42.0 Å². The zero-order chi connectivity index (χ0) is 25.7. The second kappa shape index (κ2) is 11.2. The zero-order valence-corrected chi connectivity index (χ0v) is 20.9. The summed E-state index contributed by atoms with van der Waals surface area (Å²) in [5, 5.41) is 4.70. The molecule has 1 aromatic heterocycles. The molecular formula is C28H31N3O5. The molecule has 1 amide bonds. The molecule has 1 aliphatic rings. The first-order valence-electron chi connectivity index (χ1n) is 12.2. The Labute approximate surface area is 210 Å². The first-order valence-corrected chi connectivity index (χ1v) is 12.2. The molecule has 8 heteroatoms. The van der Waals surface area contributed by atoms with Gasteiger partial charge >= 0.3 is 11.9 Å². The van der Waals surface area contributed by atoms with E-state index in [9.17, 15) is 14.4 Å². The van der Waals surface area contributed by atoms with E-state index in [2.05, 4.69) is 0 Å². The van der Waals surface area contributed by atoms with Crippen LogP contribution in [0.1, 0.15) is 41.3 Å². The van der Waals surface area contributed by atoms with Crippen molar-refractivity contribution in [3.8, 4) is 16.9 Å². The van der Waals surface area contributed by atoms with Crippen LogP contribution in [0.5, 0.6) is 0 Å². The molecule has 0 atom stereocenters. The number of carbonyl (C=O) groups excluding carboxylic acids is 3. The molecule has 0 bridgehead atoms. The maximum Gasteiger partial charge on any atom is 0.342 e. The number of carbonyl (C=O) groups is 3. The summed E-state index contributed by atoms with van der Waals surface area (Å²) in [5.74, 6) is -1.30. The third-order valence-corrected chi connectivity index (χ3v) is 6.39. The summed E-state index contributed by atoms with van der Waals surface area (Å²) in [6, 6.07) is 15.5. The molecule has 2 heterocycles. The Bertz CT molecular complexity index is 1240. The van der Waals surface area contributed by atoms with E-state index in [0.717, 1.165) is 22.4 Å². The van der Waals surface area contributed by atoms with Crippen LogP contribution in [0.4, 0.5) is 0 Å². The Morgan fingerprint density at radius 3 is 2.39 bits per heavy atom. The van der Waals surface area contributed by atoms with E-state index in [1.165, 1.54) is 0 Å². The number of benzene rings is 2. The number of amides is 1. The maximum absolute atomic E-state index is 13.2. The van der Waals surface area contributed by atoms with E-state index in [4.69, 9.17) is 14.6 Å². The molecule has 1 aliphatic heterocycles. The molecule has 1 fully saturated rings. The predicted molar refractivity (Wildman–Crippen MR) is 135 cm³/mol. The van der Waals surface area contributed by atoms with Gasteiger partial charge in [-0.25, -0.2) is 9.48 Å². The van der Waals surface area contributed by atoms with Crippen LogP contribution in [-0.4, -0.2) is 58.8 Å². The molecule has 8 nitrogen and oxygen atoms in total.